The number of para-hydroxylation sites is 1. The van der Waals surface area contributed by atoms with Gasteiger partial charge in [-0.2, -0.15) is 13.9 Å². The molecule has 2 atom stereocenters. The first-order valence-electron chi connectivity index (χ1n) is 10.2. The molecule has 1 aliphatic heterocycles. The highest BCUT2D eigenvalue weighted by molar-refractivity contribution is 7.89. The van der Waals surface area contributed by atoms with Crippen LogP contribution >= 0.6 is 0 Å². The number of fused-ring (bicyclic) bond motifs is 3. The number of aromatic nitrogens is 3. The molecule has 0 aliphatic carbocycles. The van der Waals surface area contributed by atoms with Gasteiger partial charge in [0, 0.05) is 17.7 Å². The lowest BCUT2D eigenvalue weighted by atomic mass is 9.96. The number of sulfonamides is 1. The molecule has 34 heavy (non-hydrogen) atoms. The molecule has 0 saturated carbocycles. The van der Waals surface area contributed by atoms with E-state index in [2.05, 4.69) is 15.4 Å². The van der Waals surface area contributed by atoms with Gasteiger partial charge in [0.2, 0.25) is 10.0 Å². The van der Waals surface area contributed by atoms with E-state index < -0.39 is 28.8 Å². The van der Waals surface area contributed by atoms with E-state index in [1.54, 1.807) is 42.5 Å². The molecule has 2 aromatic heterocycles. The van der Waals surface area contributed by atoms with Crippen LogP contribution in [-0.2, 0) is 10.0 Å². The summed E-state index contributed by atoms with van der Waals surface area (Å²) in [5.74, 6) is 0.00188. The van der Waals surface area contributed by atoms with E-state index in [-0.39, 0.29) is 17.2 Å². The van der Waals surface area contributed by atoms with E-state index in [9.17, 15) is 22.3 Å². The third-order valence-corrected chi connectivity index (χ3v) is 6.50. The van der Waals surface area contributed by atoms with Crippen LogP contribution in [0.1, 0.15) is 29.1 Å². The molecule has 176 valence electrons. The van der Waals surface area contributed by atoms with Gasteiger partial charge in [0.05, 0.1) is 28.0 Å². The van der Waals surface area contributed by atoms with Crippen molar-refractivity contribution >= 4 is 15.7 Å². The van der Waals surface area contributed by atoms with Crippen LogP contribution in [0.3, 0.4) is 0 Å². The summed E-state index contributed by atoms with van der Waals surface area (Å²) in [6.07, 6.45) is -0.923. The Bertz CT molecular complexity index is 1470. The van der Waals surface area contributed by atoms with E-state index in [1.165, 1.54) is 22.7 Å². The normalized spacial score (nSPS) is 18.3. The largest absolute Gasteiger partial charge is 0.434 e. The molecule has 2 unspecified atom stereocenters. The number of rotatable bonds is 5. The van der Waals surface area contributed by atoms with Crippen molar-refractivity contribution in [2.45, 2.75) is 23.7 Å². The first-order chi connectivity index (χ1) is 16.2. The Kier molecular flexibility index (Phi) is 5.52. The molecular weight excluding hydrogens is 468 g/mol. The van der Waals surface area contributed by atoms with Gasteiger partial charge in [0.25, 0.3) is 0 Å². The quantitative estimate of drug-likeness (QED) is 0.394. The zero-order valence-electron chi connectivity index (χ0n) is 17.5. The highest BCUT2D eigenvalue weighted by atomic mass is 32.2. The van der Waals surface area contributed by atoms with Gasteiger partial charge in [0.15, 0.2) is 5.65 Å². The zero-order chi connectivity index (χ0) is 24.0. The van der Waals surface area contributed by atoms with E-state index >= 15 is 0 Å². The minimum Gasteiger partial charge on any atom is -0.434 e. The van der Waals surface area contributed by atoms with Gasteiger partial charge >= 0.3 is 6.61 Å². The number of nitrogens with zero attached hydrogens (tertiary/aromatic N) is 3. The molecule has 12 heteroatoms. The first kappa shape index (κ1) is 22.3. The molecule has 0 amide bonds. The highest BCUT2D eigenvalue weighted by Gasteiger charge is 2.34. The summed E-state index contributed by atoms with van der Waals surface area (Å²) >= 11 is 0. The maximum atomic E-state index is 13.0. The molecular formula is C22H19F2N5O4S. The number of aliphatic hydroxyl groups excluding tert-OH is 1. The second-order valence-corrected chi connectivity index (χ2v) is 9.28. The third kappa shape index (κ3) is 4.01. The molecule has 0 bridgehead atoms. The number of alkyl halides is 2. The number of halogens is 2. The second-order valence-electron chi connectivity index (χ2n) is 7.71. The molecule has 0 fully saturated rings. The standard InChI is InChI=1S/C22H19F2N5O4S/c23-22(24)33-17-4-2-1-3-14(17)19-21-20(16(30)11-26-19)27-18-10-9-15(28-29(18)21)12-5-7-13(8-6-12)34(25,31)32/h1-10,16,19,22,26,30H,11H2,(H2,25,31,32). The summed E-state index contributed by atoms with van der Waals surface area (Å²) in [6.45, 7) is -2.84. The number of ether oxygens (including phenoxy) is 1. The average Bonchev–Trinajstić information content (AvgIpc) is 3.19. The molecule has 4 N–H and O–H groups in total. The fourth-order valence-corrected chi connectivity index (χ4v) is 4.57. The van der Waals surface area contributed by atoms with Gasteiger partial charge in [0.1, 0.15) is 11.9 Å². The topological polar surface area (TPSA) is 132 Å². The van der Waals surface area contributed by atoms with E-state index in [1.807, 2.05) is 0 Å². The number of imidazole rings is 1. The van der Waals surface area contributed by atoms with Crippen LogP contribution < -0.4 is 15.2 Å². The number of benzene rings is 2. The molecule has 9 nitrogen and oxygen atoms in total. The fourth-order valence-electron chi connectivity index (χ4n) is 4.05. The summed E-state index contributed by atoms with van der Waals surface area (Å²) in [5, 5.41) is 23.5. The monoisotopic (exact) mass is 487 g/mol. The van der Waals surface area contributed by atoms with Crippen molar-refractivity contribution < 1.29 is 27.0 Å². The van der Waals surface area contributed by atoms with E-state index in [0.717, 1.165) is 0 Å². The predicted octanol–water partition coefficient (Wildman–Crippen LogP) is 2.37. The van der Waals surface area contributed by atoms with Gasteiger partial charge in [-0.1, -0.05) is 30.3 Å². The van der Waals surface area contributed by atoms with Crippen molar-refractivity contribution in [2.24, 2.45) is 5.14 Å². The van der Waals surface area contributed by atoms with Crippen LogP contribution in [0.25, 0.3) is 16.9 Å². The van der Waals surface area contributed by atoms with E-state index in [4.69, 9.17) is 9.88 Å². The molecule has 4 aromatic rings. The number of β-amino-alcohol motifs (C(OH)–C–C–N with tert-alkyl or cyclic N) is 1. The number of nitrogens with two attached hydrogens (primary N) is 1. The SMILES string of the molecule is NS(=O)(=O)c1ccc(-c2ccc3nc4c(n3n2)C(c2ccccc2OC(F)F)NCC4O)cc1. The van der Waals surface area contributed by atoms with Crippen LogP contribution in [0.4, 0.5) is 8.78 Å². The minimum absolute atomic E-state index is 0.00188. The maximum absolute atomic E-state index is 13.0. The molecule has 1 aliphatic rings. The first-order valence-corrected chi connectivity index (χ1v) is 11.7. The van der Waals surface area contributed by atoms with Crippen molar-refractivity contribution in [1.29, 1.82) is 0 Å². The smallest absolute Gasteiger partial charge is 0.387 e. The second kappa shape index (κ2) is 8.40. The predicted molar refractivity (Wildman–Crippen MR) is 118 cm³/mol. The maximum Gasteiger partial charge on any atom is 0.387 e. The van der Waals surface area contributed by atoms with Gasteiger partial charge in [-0.3, -0.25) is 0 Å². The number of hydrogen-bond donors (Lipinski definition) is 3. The lowest BCUT2D eigenvalue weighted by molar-refractivity contribution is -0.0507. The lowest BCUT2D eigenvalue weighted by Crippen LogP contribution is -2.35. The molecule has 0 saturated heterocycles. The van der Waals surface area contributed by atoms with Crippen molar-refractivity contribution in [1.82, 2.24) is 19.9 Å². The van der Waals surface area contributed by atoms with E-state index in [0.29, 0.717) is 33.9 Å². The van der Waals surface area contributed by atoms with Gasteiger partial charge in [-0.25, -0.2) is 23.1 Å². The van der Waals surface area contributed by atoms with Gasteiger partial charge < -0.3 is 15.2 Å². The van der Waals surface area contributed by atoms with Crippen LogP contribution in [-0.4, -0.2) is 41.3 Å². The van der Waals surface area contributed by atoms with Crippen LogP contribution in [0.15, 0.2) is 65.6 Å². The molecule has 3 heterocycles. The summed E-state index contributed by atoms with van der Waals surface area (Å²) in [7, 11) is -3.83. The summed E-state index contributed by atoms with van der Waals surface area (Å²) < 4.78 is 55.3. The number of hydrogen-bond acceptors (Lipinski definition) is 7. The molecule has 0 radical (unpaired) electrons. The van der Waals surface area contributed by atoms with Crippen LogP contribution in [0.5, 0.6) is 5.75 Å². The zero-order valence-corrected chi connectivity index (χ0v) is 18.3. The third-order valence-electron chi connectivity index (χ3n) is 5.57. The summed E-state index contributed by atoms with van der Waals surface area (Å²) in [5.41, 5.74) is 2.90. The van der Waals surface area contributed by atoms with Crippen molar-refractivity contribution in [3.05, 3.63) is 77.6 Å². The Labute approximate surface area is 192 Å². The minimum atomic E-state index is -3.83. The van der Waals surface area contributed by atoms with Gasteiger partial charge in [-0.15, -0.1) is 0 Å². The average molecular weight is 487 g/mol. The lowest BCUT2D eigenvalue weighted by Gasteiger charge is -2.28. The fraction of sp³-hybridized carbons (Fsp3) is 0.182. The highest BCUT2D eigenvalue weighted by Crippen LogP contribution is 2.37. The molecule has 5 rings (SSSR count). The molecule has 2 aromatic carbocycles. The Morgan fingerprint density at radius 1 is 1.12 bits per heavy atom. The van der Waals surface area contributed by atoms with Crippen molar-refractivity contribution in [3.63, 3.8) is 0 Å². The summed E-state index contributed by atoms with van der Waals surface area (Å²) in [4.78, 5) is 4.48. The van der Waals surface area contributed by atoms with Gasteiger partial charge in [-0.05, 0) is 30.3 Å². The van der Waals surface area contributed by atoms with Crippen molar-refractivity contribution in [3.8, 4) is 17.0 Å². The molecule has 0 spiro atoms. The Balaban J connectivity index is 1.64. The Morgan fingerprint density at radius 2 is 1.85 bits per heavy atom. The number of nitrogens with one attached hydrogen (secondary N) is 1. The number of aliphatic hydroxyl groups is 1. The van der Waals surface area contributed by atoms with Crippen LogP contribution in [0.2, 0.25) is 0 Å². The summed E-state index contributed by atoms with van der Waals surface area (Å²) in [6, 6.07) is 15.1. The Hall–Kier alpha value is -3.45. The number of primary sulfonamides is 1. The Morgan fingerprint density at radius 3 is 2.56 bits per heavy atom. The van der Waals surface area contributed by atoms with Crippen LogP contribution in [0, 0.1) is 0 Å². The van der Waals surface area contributed by atoms with Crippen molar-refractivity contribution in [2.75, 3.05) is 6.54 Å².